The standard InChI is InChI=1S/C65H40BN3/c1-6-17-41(18-7-1)46-29-35-57-51(37-46)61-49(43-21-10-3-11-22-43)31-33-53-64(61)68(57)59-39-48(56-28-16-27-55(67-56)45-25-14-5-15-26-45)40-60-63(59)66(53)54-34-32-50(44-23-12-4-13-24-44)62-52-38-47(42-19-8-2-9-20-42)30-36-58(52)69(60)65(54)62/h1-40H. The Labute approximate surface area is 399 Å². The first-order chi connectivity index (χ1) is 34.2. The van der Waals surface area contributed by atoms with E-state index in [0.717, 1.165) is 22.5 Å². The molecule has 4 heteroatoms. The van der Waals surface area contributed by atoms with Crippen LogP contribution in [0.25, 0.3) is 122 Å². The van der Waals surface area contributed by atoms with Crippen LogP contribution in [0.4, 0.5) is 0 Å². The van der Waals surface area contributed by atoms with E-state index in [4.69, 9.17) is 4.98 Å². The summed E-state index contributed by atoms with van der Waals surface area (Å²) in [5.74, 6) is 0. The summed E-state index contributed by atoms with van der Waals surface area (Å²) in [6.45, 7) is -0.0388. The fourth-order valence-electron chi connectivity index (χ4n) is 11.9. The molecule has 318 valence electrons. The van der Waals surface area contributed by atoms with Crippen LogP contribution in [0.1, 0.15) is 0 Å². The Morgan fingerprint density at radius 3 is 1.16 bits per heavy atom. The molecule has 0 bridgehead atoms. The summed E-state index contributed by atoms with van der Waals surface area (Å²) in [5.41, 5.74) is 25.1. The Balaban J connectivity index is 1.11. The van der Waals surface area contributed by atoms with Gasteiger partial charge in [0.15, 0.2) is 0 Å². The smallest absolute Gasteiger partial charge is 0.252 e. The van der Waals surface area contributed by atoms with Gasteiger partial charge in [0.05, 0.1) is 22.4 Å². The molecule has 0 N–H and O–H groups in total. The van der Waals surface area contributed by atoms with Crippen molar-refractivity contribution in [1.82, 2.24) is 14.1 Å². The van der Waals surface area contributed by atoms with E-state index in [2.05, 4.69) is 252 Å². The van der Waals surface area contributed by atoms with E-state index in [9.17, 15) is 0 Å². The number of hydrogen-bond donors (Lipinski definition) is 0. The second-order valence-electron chi connectivity index (χ2n) is 18.6. The Hall–Kier alpha value is -8.99. The van der Waals surface area contributed by atoms with Crippen LogP contribution in [0.15, 0.2) is 243 Å². The lowest BCUT2D eigenvalue weighted by atomic mass is 9.34. The van der Waals surface area contributed by atoms with E-state index in [0.29, 0.717) is 0 Å². The Kier molecular flexibility index (Phi) is 8.16. The second-order valence-corrected chi connectivity index (χ2v) is 18.6. The first-order valence-corrected chi connectivity index (χ1v) is 23.9. The highest BCUT2D eigenvalue weighted by atomic mass is 15.0. The van der Waals surface area contributed by atoms with Crippen LogP contribution in [0.2, 0.25) is 0 Å². The van der Waals surface area contributed by atoms with Crippen LogP contribution in [-0.2, 0) is 0 Å². The lowest BCUT2D eigenvalue weighted by molar-refractivity contribution is 1.14. The van der Waals surface area contributed by atoms with Crippen molar-refractivity contribution in [1.29, 1.82) is 0 Å². The molecule has 69 heavy (non-hydrogen) atoms. The topological polar surface area (TPSA) is 22.8 Å². The van der Waals surface area contributed by atoms with Crippen molar-refractivity contribution in [2.45, 2.75) is 0 Å². The third kappa shape index (κ3) is 5.60. The molecule has 2 aliphatic heterocycles. The molecule has 3 aromatic heterocycles. The molecule has 13 aromatic rings. The SMILES string of the molecule is c1ccc(-c2ccc3c(c2)c2c(-c4ccccc4)ccc4c2n3-c2cc(-c3cccc(-c5ccccc5)n3)cc3c2B4c2ccc(-c4ccccc4)c4c5cc(-c6ccccc6)ccc5n-3c24)cc1. The fourth-order valence-corrected chi connectivity index (χ4v) is 11.9. The highest BCUT2D eigenvalue weighted by Crippen LogP contribution is 2.46. The number of aromatic nitrogens is 3. The molecule has 2 aliphatic rings. The van der Waals surface area contributed by atoms with E-state index in [1.54, 1.807) is 0 Å². The van der Waals surface area contributed by atoms with Crippen LogP contribution in [0, 0.1) is 0 Å². The summed E-state index contributed by atoms with van der Waals surface area (Å²) < 4.78 is 5.20. The highest BCUT2D eigenvalue weighted by Gasteiger charge is 2.42. The molecule has 0 unspecified atom stereocenters. The van der Waals surface area contributed by atoms with E-state index in [1.807, 2.05) is 0 Å². The zero-order chi connectivity index (χ0) is 45.2. The summed E-state index contributed by atoms with van der Waals surface area (Å²) in [6, 6.07) is 89.3. The molecular weight excluding hydrogens is 834 g/mol. The van der Waals surface area contributed by atoms with Crippen molar-refractivity contribution >= 4 is 66.7 Å². The molecular formula is C65H40BN3. The molecule has 10 aromatic carbocycles. The molecule has 3 nitrogen and oxygen atoms in total. The van der Waals surface area contributed by atoms with Crippen LogP contribution < -0.4 is 16.4 Å². The van der Waals surface area contributed by atoms with Gasteiger partial charge < -0.3 is 9.13 Å². The lowest BCUT2D eigenvalue weighted by Gasteiger charge is -2.34. The molecule has 0 fully saturated rings. The quantitative estimate of drug-likeness (QED) is 0.153. The molecule has 0 atom stereocenters. The zero-order valence-electron chi connectivity index (χ0n) is 37.5. The normalized spacial score (nSPS) is 12.3. The maximum absolute atomic E-state index is 5.44. The maximum Gasteiger partial charge on any atom is 0.252 e. The minimum atomic E-state index is -0.0388. The van der Waals surface area contributed by atoms with Crippen LogP contribution in [0.5, 0.6) is 0 Å². The number of pyridine rings is 1. The Morgan fingerprint density at radius 1 is 0.304 bits per heavy atom. The van der Waals surface area contributed by atoms with Gasteiger partial charge in [0, 0.05) is 55.1 Å². The van der Waals surface area contributed by atoms with Gasteiger partial charge in [0.2, 0.25) is 0 Å². The van der Waals surface area contributed by atoms with Gasteiger partial charge in [-0.25, -0.2) is 4.98 Å². The van der Waals surface area contributed by atoms with Gasteiger partial charge in [-0.05, 0) is 109 Å². The molecule has 0 saturated heterocycles. The predicted molar refractivity (Wildman–Crippen MR) is 290 cm³/mol. The minimum absolute atomic E-state index is 0.0388. The lowest BCUT2D eigenvalue weighted by Crippen LogP contribution is -2.59. The van der Waals surface area contributed by atoms with Crippen LogP contribution in [0.3, 0.4) is 0 Å². The third-order valence-corrected chi connectivity index (χ3v) is 14.9. The maximum atomic E-state index is 5.44. The number of benzene rings is 10. The highest BCUT2D eigenvalue weighted by molar-refractivity contribution is 7.00. The van der Waals surface area contributed by atoms with Crippen molar-refractivity contribution in [3.05, 3.63) is 243 Å². The summed E-state index contributed by atoms with van der Waals surface area (Å²) >= 11 is 0. The Bertz CT molecular complexity index is 3980. The first-order valence-electron chi connectivity index (χ1n) is 23.9. The van der Waals surface area contributed by atoms with E-state index in [-0.39, 0.29) is 6.71 Å². The minimum Gasteiger partial charge on any atom is -0.310 e. The summed E-state index contributed by atoms with van der Waals surface area (Å²) in [5, 5.41) is 5.06. The van der Waals surface area contributed by atoms with Crippen molar-refractivity contribution < 1.29 is 0 Å². The van der Waals surface area contributed by atoms with Crippen LogP contribution >= 0.6 is 0 Å². The van der Waals surface area contributed by atoms with Gasteiger partial charge in [-0.1, -0.05) is 194 Å². The van der Waals surface area contributed by atoms with Crippen LogP contribution in [-0.4, -0.2) is 20.8 Å². The number of fused-ring (bicyclic) bond motifs is 10. The first kappa shape index (κ1) is 38.2. The average molecular weight is 874 g/mol. The molecule has 0 saturated carbocycles. The van der Waals surface area contributed by atoms with Gasteiger partial charge in [0.25, 0.3) is 6.71 Å². The molecule has 0 amide bonds. The van der Waals surface area contributed by atoms with Gasteiger partial charge in [-0.2, -0.15) is 0 Å². The van der Waals surface area contributed by atoms with Gasteiger partial charge >= 0.3 is 0 Å². The second kappa shape index (κ2) is 14.8. The van der Waals surface area contributed by atoms with E-state index in [1.165, 1.54) is 116 Å². The van der Waals surface area contributed by atoms with Gasteiger partial charge in [-0.3, -0.25) is 0 Å². The number of hydrogen-bond acceptors (Lipinski definition) is 1. The predicted octanol–water partition coefficient (Wildman–Crippen LogP) is 14.4. The summed E-state index contributed by atoms with van der Waals surface area (Å²) in [6.07, 6.45) is 0. The average Bonchev–Trinajstić information content (AvgIpc) is 3.96. The monoisotopic (exact) mass is 873 g/mol. The van der Waals surface area contributed by atoms with Crippen molar-refractivity contribution in [2.75, 3.05) is 0 Å². The van der Waals surface area contributed by atoms with Crippen molar-refractivity contribution in [2.24, 2.45) is 0 Å². The largest absolute Gasteiger partial charge is 0.310 e. The molecule has 0 aliphatic carbocycles. The molecule has 5 heterocycles. The Morgan fingerprint density at radius 2 is 0.710 bits per heavy atom. The van der Waals surface area contributed by atoms with E-state index < -0.39 is 0 Å². The molecule has 15 rings (SSSR count). The van der Waals surface area contributed by atoms with Gasteiger partial charge in [0.1, 0.15) is 0 Å². The van der Waals surface area contributed by atoms with Crippen molar-refractivity contribution in [3.8, 4) is 78.4 Å². The number of nitrogens with zero attached hydrogens (tertiary/aromatic N) is 3. The van der Waals surface area contributed by atoms with Crippen molar-refractivity contribution in [3.63, 3.8) is 0 Å². The molecule has 0 spiro atoms. The molecule has 0 radical (unpaired) electrons. The summed E-state index contributed by atoms with van der Waals surface area (Å²) in [7, 11) is 0. The number of rotatable bonds is 6. The summed E-state index contributed by atoms with van der Waals surface area (Å²) in [4.78, 5) is 5.44. The van der Waals surface area contributed by atoms with Gasteiger partial charge in [-0.15, -0.1) is 0 Å². The third-order valence-electron chi connectivity index (χ3n) is 14.9. The van der Waals surface area contributed by atoms with E-state index >= 15 is 0 Å². The fraction of sp³-hybridized carbons (Fsp3) is 0. The zero-order valence-corrected chi connectivity index (χ0v) is 37.5.